The van der Waals surface area contributed by atoms with Crippen molar-refractivity contribution in [1.82, 2.24) is 14.7 Å². The van der Waals surface area contributed by atoms with Crippen LogP contribution in [0.15, 0.2) is 45.9 Å². The van der Waals surface area contributed by atoms with E-state index in [0.29, 0.717) is 33.3 Å². The Labute approximate surface area is 170 Å². The highest BCUT2D eigenvalue weighted by molar-refractivity contribution is 7.20. The van der Waals surface area contributed by atoms with E-state index in [4.69, 9.17) is 16.0 Å². The molecule has 5 rings (SSSR count). The first kappa shape index (κ1) is 17.7. The number of nitrogens with one attached hydrogen (secondary N) is 1. The predicted molar refractivity (Wildman–Crippen MR) is 114 cm³/mol. The van der Waals surface area contributed by atoms with Crippen LogP contribution in [0.1, 0.15) is 13.8 Å². The van der Waals surface area contributed by atoms with E-state index in [2.05, 4.69) is 35.1 Å². The number of thiazole rings is 1. The molecular weight excluding hydrogens is 396 g/mol. The summed E-state index contributed by atoms with van der Waals surface area (Å²) < 4.78 is 8.14. The molecule has 4 heterocycles. The van der Waals surface area contributed by atoms with E-state index < -0.39 is 0 Å². The fraction of sp³-hybridized carbons (Fsp3) is 0.300. The summed E-state index contributed by atoms with van der Waals surface area (Å²) in [6.45, 7) is 6.20. The lowest BCUT2D eigenvalue weighted by Crippen LogP contribution is -2.54. The summed E-state index contributed by atoms with van der Waals surface area (Å²) in [5, 5.41) is 4.41. The SMILES string of the molecule is C[C@@H]1CN(c2ccc3cc(-c4cn5cc(Cl)sc5n4)c(=O)oc3c2)C[C@H](C)N1. The zero-order valence-corrected chi connectivity index (χ0v) is 17.0. The Morgan fingerprint density at radius 2 is 2.00 bits per heavy atom. The standard InChI is InChI=1S/C20H19ClN4O2S/c1-11-7-24(8-12(2)22-11)14-4-3-13-5-15(19(26)27-17(13)6-14)16-9-25-10-18(21)28-20(25)23-16/h3-6,9-12,22H,7-8H2,1-2H3/t11-,12+. The van der Waals surface area contributed by atoms with Crippen LogP contribution in [0.25, 0.3) is 27.2 Å². The average molecular weight is 415 g/mol. The maximum Gasteiger partial charge on any atom is 0.345 e. The molecule has 0 unspecified atom stereocenters. The van der Waals surface area contributed by atoms with Gasteiger partial charge in [0.25, 0.3) is 0 Å². The van der Waals surface area contributed by atoms with Crippen molar-refractivity contribution < 1.29 is 4.42 Å². The van der Waals surface area contributed by atoms with Crippen LogP contribution < -0.4 is 15.8 Å². The van der Waals surface area contributed by atoms with Crippen molar-refractivity contribution in [3.05, 3.63) is 51.4 Å². The normalized spacial score (nSPS) is 20.3. The smallest absolute Gasteiger partial charge is 0.345 e. The van der Waals surface area contributed by atoms with Crippen LogP contribution in [0.4, 0.5) is 5.69 Å². The van der Waals surface area contributed by atoms with Crippen molar-refractivity contribution in [2.45, 2.75) is 25.9 Å². The zero-order valence-electron chi connectivity index (χ0n) is 15.5. The van der Waals surface area contributed by atoms with Gasteiger partial charge in [0.05, 0.1) is 11.3 Å². The first-order chi connectivity index (χ1) is 13.5. The number of hydrogen-bond donors (Lipinski definition) is 1. The van der Waals surface area contributed by atoms with E-state index in [9.17, 15) is 4.79 Å². The first-order valence-corrected chi connectivity index (χ1v) is 10.4. The second kappa shape index (κ2) is 6.62. The summed E-state index contributed by atoms with van der Waals surface area (Å²) in [5.74, 6) is 0. The van der Waals surface area contributed by atoms with Crippen LogP contribution in [-0.4, -0.2) is 34.6 Å². The van der Waals surface area contributed by atoms with Gasteiger partial charge in [0.2, 0.25) is 0 Å². The summed E-state index contributed by atoms with van der Waals surface area (Å²) in [4.78, 5) is 20.2. The summed E-state index contributed by atoms with van der Waals surface area (Å²) in [6.07, 6.45) is 3.58. The molecule has 4 aromatic rings. The Morgan fingerprint density at radius 1 is 1.21 bits per heavy atom. The van der Waals surface area contributed by atoms with Crippen molar-refractivity contribution in [2.75, 3.05) is 18.0 Å². The summed E-state index contributed by atoms with van der Waals surface area (Å²) in [7, 11) is 0. The van der Waals surface area contributed by atoms with Gasteiger partial charge in [0, 0.05) is 54.7 Å². The van der Waals surface area contributed by atoms with Crippen LogP contribution in [-0.2, 0) is 0 Å². The van der Waals surface area contributed by atoms with Crippen molar-refractivity contribution in [3.63, 3.8) is 0 Å². The number of fused-ring (bicyclic) bond motifs is 2. The number of rotatable bonds is 2. The van der Waals surface area contributed by atoms with Crippen molar-refractivity contribution >= 4 is 44.6 Å². The molecule has 1 aromatic carbocycles. The van der Waals surface area contributed by atoms with E-state index in [1.807, 2.05) is 22.6 Å². The Kier molecular flexibility index (Phi) is 4.19. The van der Waals surface area contributed by atoms with Gasteiger partial charge in [-0.15, -0.1) is 0 Å². The number of piperazine rings is 1. The van der Waals surface area contributed by atoms with Gasteiger partial charge in [-0.25, -0.2) is 9.78 Å². The van der Waals surface area contributed by atoms with Gasteiger partial charge < -0.3 is 14.6 Å². The van der Waals surface area contributed by atoms with Crippen molar-refractivity contribution in [1.29, 1.82) is 0 Å². The Bertz CT molecular complexity index is 1200. The van der Waals surface area contributed by atoms with E-state index in [0.717, 1.165) is 29.1 Å². The zero-order chi connectivity index (χ0) is 19.4. The number of benzene rings is 1. The molecule has 0 radical (unpaired) electrons. The van der Waals surface area contributed by atoms with Gasteiger partial charge in [-0.3, -0.25) is 4.40 Å². The van der Waals surface area contributed by atoms with E-state index in [1.165, 1.54) is 11.3 Å². The highest BCUT2D eigenvalue weighted by Gasteiger charge is 2.22. The molecule has 0 saturated carbocycles. The minimum absolute atomic E-state index is 0.386. The molecule has 8 heteroatoms. The van der Waals surface area contributed by atoms with Gasteiger partial charge in [-0.2, -0.15) is 0 Å². The number of anilines is 1. The monoisotopic (exact) mass is 414 g/mol. The maximum absolute atomic E-state index is 12.6. The van der Waals surface area contributed by atoms with Gasteiger partial charge in [-0.05, 0) is 32.0 Å². The molecule has 28 heavy (non-hydrogen) atoms. The molecular formula is C20H19ClN4O2S. The molecule has 1 aliphatic heterocycles. The lowest BCUT2D eigenvalue weighted by molar-refractivity contribution is 0.407. The molecule has 0 spiro atoms. The molecule has 0 bridgehead atoms. The first-order valence-electron chi connectivity index (χ1n) is 9.19. The summed E-state index contributed by atoms with van der Waals surface area (Å²) in [6, 6.07) is 8.72. The van der Waals surface area contributed by atoms with Crippen LogP contribution >= 0.6 is 22.9 Å². The molecule has 1 saturated heterocycles. The minimum Gasteiger partial charge on any atom is -0.422 e. The molecule has 1 N–H and O–H groups in total. The Balaban J connectivity index is 1.54. The third kappa shape index (κ3) is 3.09. The molecule has 1 aliphatic rings. The van der Waals surface area contributed by atoms with Gasteiger partial charge in [0.1, 0.15) is 9.92 Å². The van der Waals surface area contributed by atoms with E-state index in [-0.39, 0.29) is 5.63 Å². The van der Waals surface area contributed by atoms with E-state index >= 15 is 0 Å². The Hall–Kier alpha value is -2.35. The highest BCUT2D eigenvalue weighted by atomic mass is 35.5. The van der Waals surface area contributed by atoms with Crippen molar-refractivity contribution in [3.8, 4) is 11.3 Å². The molecule has 144 valence electrons. The maximum atomic E-state index is 12.6. The second-order valence-corrected chi connectivity index (χ2v) is 9.04. The molecule has 1 fully saturated rings. The minimum atomic E-state index is -0.386. The lowest BCUT2D eigenvalue weighted by Gasteiger charge is -2.37. The number of aromatic nitrogens is 2. The number of hydrogen-bond acceptors (Lipinski definition) is 6. The second-order valence-electron chi connectivity index (χ2n) is 7.39. The molecule has 0 aliphatic carbocycles. The molecule has 2 atom stereocenters. The molecule has 3 aromatic heterocycles. The average Bonchev–Trinajstić information content (AvgIpc) is 3.17. The number of imidazole rings is 1. The van der Waals surface area contributed by atoms with Gasteiger partial charge >= 0.3 is 5.63 Å². The predicted octanol–water partition coefficient (Wildman–Crippen LogP) is 4.01. The van der Waals surface area contributed by atoms with Crippen molar-refractivity contribution in [2.24, 2.45) is 0 Å². The topological polar surface area (TPSA) is 62.8 Å². The fourth-order valence-corrected chi connectivity index (χ4v) is 4.92. The van der Waals surface area contributed by atoms with E-state index in [1.54, 1.807) is 12.4 Å². The van der Waals surface area contributed by atoms with Gasteiger partial charge in [-0.1, -0.05) is 22.9 Å². The number of halogens is 1. The molecule has 0 amide bonds. The van der Waals surface area contributed by atoms with Crippen LogP contribution in [0, 0.1) is 0 Å². The van der Waals surface area contributed by atoms with Crippen LogP contribution in [0.5, 0.6) is 0 Å². The third-order valence-electron chi connectivity index (χ3n) is 5.05. The fourth-order valence-electron chi connectivity index (χ4n) is 3.91. The Morgan fingerprint density at radius 3 is 2.75 bits per heavy atom. The largest absolute Gasteiger partial charge is 0.422 e. The lowest BCUT2D eigenvalue weighted by atomic mass is 10.1. The quantitative estimate of drug-likeness (QED) is 0.502. The highest BCUT2D eigenvalue weighted by Crippen LogP contribution is 2.28. The third-order valence-corrected chi connectivity index (χ3v) is 6.16. The van der Waals surface area contributed by atoms with Crippen LogP contribution in [0.3, 0.4) is 0 Å². The summed E-state index contributed by atoms with van der Waals surface area (Å²) in [5.41, 5.74) is 2.32. The molecule has 6 nitrogen and oxygen atoms in total. The van der Waals surface area contributed by atoms with Crippen LogP contribution in [0.2, 0.25) is 4.34 Å². The van der Waals surface area contributed by atoms with Gasteiger partial charge in [0.15, 0.2) is 4.96 Å². The summed E-state index contributed by atoms with van der Waals surface area (Å²) >= 11 is 7.37. The number of nitrogens with zero attached hydrogens (tertiary/aromatic N) is 3.